The highest BCUT2D eigenvalue weighted by atomic mass is 79.9. The van der Waals surface area contributed by atoms with Crippen molar-refractivity contribution in [3.05, 3.63) is 10.7 Å². The lowest BCUT2D eigenvalue weighted by Crippen LogP contribution is -2.01. The van der Waals surface area contributed by atoms with Crippen molar-refractivity contribution in [3.8, 4) is 0 Å². The van der Waals surface area contributed by atoms with E-state index < -0.39 is 0 Å². The molecule has 1 aliphatic rings. The van der Waals surface area contributed by atoms with Crippen molar-refractivity contribution in [2.45, 2.75) is 0 Å². The zero-order valence-electron chi connectivity index (χ0n) is 3.63. The van der Waals surface area contributed by atoms with Crippen molar-refractivity contribution in [1.82, 2.24) is 5.32 Å². The lowest BCUT2D eigenvalue weighted by Gasteiger charge is -1.96. The number of aliphatic imine (C=N–C) groups is 1. The molecular formula is C4H4BrN2. The van der Waals surface area contributed by atoms with Gasteiger partial charge in [-0.15, -0.1) is 0 Å². The standard InChI is InChI=1S/C4H4BrN2/c5-4-1-6-3-7-2-4/h1-2H,3H2. The summed E-state index contributed by atoms with van der Waals surface area (Å²) in [5.41, 5.74) is 0. The summed E-state index contributed by atoms with van der Waals surface area (Å²) in [5, 5.41) is 3.85. The zero-order chi connectivity index (χ0) is 5.11. The Labute approximate surface area is 50.5 Å². The molecule has 7 heavy (non-hydrogen) atoms. The molecule has 0 fully saturated rings. The van der Waals surface area contributed by atoms with Crippen molar-refractivity contribution < 1.29 is 0 Å². The van der Waals surface area contributed by atoms with E-state index in [1.165, 1.54) is 0 Å². The molecule has 0 N–H and O–H groups in total. The Hall–Kier alpha value is -0.310. The SMILES string of the molecule is BrC1=C[N]CN=C1. The molecule has 1 radical (unpaired) electrons. The van der Waals surface area contributed by atoms with Gasteiger partial charge in [0.25, 0.3) is 0 Å². The summed E-state index contributed by atoms with van der Waals surface area (Å²) in [6.07, 6.45) is 3.49. The third-order valence-electron chi connectivity index (χ3n) is 0.593. The van der Waals surface area contributed by atoms with Gasteiger partial charge in [0.1, 0.15) is 6.67 Å². The molecule has 37 valence electrons. The van der Waals surface area contributed by atoms with Gasteiger partial charge in [-0.3, -0.25) is 10.3 Å². The fourth-order valence-electron chi connectivity index (χ4n) is 0.337. The Kier molecular flexibility index (Phi) is 1.46. The van der Waals surface area contributed by atoms with E-state index in [1.807, 2.05) is 0 Å². The molecule has 0 aromatic rings. The van der Waals surface area contributed by atoms with Gasteiger partial charge in [-0.25, -0.2) is 0 Å². The minimum Gasteiger partial charge on any atom is -0.269 e. The summed E-state index contributed by atoms with van der Waals surface area (Å²) < 4.78 is 0.943. The molecule has 0 unspecified atom stereocenters. The van der Waals surface area contributed by atoms with Crippen LogP contribution in [0.25, 0.3) is 0 Å². The van der Waals surface area contributed by atoms with E-state index in [-0.39, 0.29) is 0 Å². The van der Waals surface area contributed by atoms with Crippen molar-refractivity contribution >= 4 is 22.1 Å². The van der Waals surface area contributed by atoms with Crippen LogP contribution in [-0.2, 0) is 0 Å². The predicted octanol–water partition coefficient (Wildman–Crippen LogP) is 0.869. The minimum absolute atomic E-state index is 0.578. The van der Waals surface area contributed by atoms with Crippen molar-refractivity contribution in [2.75, 3.05) is 6.67 Å². The first-order valence-electron chi connectivity index (χ1n) is 1.92. The first-order chi connectivity index (χ1) is 3.39. The number of rotatable bonds is 0. The fraction of sp³-hybridized carbons (Fsp3) is 0.250. The first kappa shape index (κ1) is 4.84. The van der Waals surface area contributed by atoms with Crippen LogP contribution < -0.4 is 5.32 Å². The second-order valence-electron chi connectivity index (χ2n) is 1.15. The van der Waals surface area contributed by atoms with Crippen LogP contribution in [0.4, 0.5) is 0 Å². The largest absolute Gasteiger partial charge is 0.269 e. The molecule has 1 rings (SSSR count). The van der Waals surface area contributed by atoms with Crippen LogP contribution in [0.2, 0.25) is 0 Å². The number of halogens is 1. The van der Waals surface area contributed by atoms with E-state index >= 15 is 0 Å². The molecule has 0 aliphatic carbocycles. The van der Waals surface area contributed by atoms with Crippen molar-refractivity contribution in [3.63, 3.8) is 0 Å². The second-order valence-corrected chi connectivity index (χ2v) is 2.07. The van der Waals surface area contributed by atoms with Gasteiger partial charge < -0.3 is 0 Å². The van der Waals surface area contributed by atoms with Gasteiger partial charge in [-0.2, -0.15) is 0 Å². The molecule has 0 bridgehead atoms. The number of allylic oxidation sites excluding steroid dienone is 1. The molecule has 0 amide bonds. The quantitative estimate of drug-likeness (QED) is 0.502. The van der Waals surface area contributed by atoms with Crippen molar-refractivity contribution in [2.24, 2.45) is 4.99 Å². The van der Waals surface area contributed by atoms with Gasteiger partial charge in [0.15, 0.2) is 0 Å². The van der Waals surface area contributed by atoms with Gasteiger partial charge in [-0.1, -0.05) is 0 Å². The van der Waals surface area contributed by atoms with E-state index in [0.29, 0.717) is 6.67 Å². The average molecular weight is 160 g/mol. The van der Waals surface area contributed by atoms with Gasteiger partial charge in [-0.05, 0) is 15.9 Å². The summed E-state index contributed by atoms with van der Waals surface area (Å²) in [6, 6.07) is 0. The Balaban J connectivity index is 2.58. The highest BCUT2D eigenvalue weighted by Crippen LogP contribution is 2.01. The molecule has 0 atom stereocenters. The highest BCUT2D eigenvalue weighted by Gasteiger charge is 1.89. The maximum absolute atomic E-state index is 3.85. The Morgan fingerprint density at radius 2 is 2.57 bits per heavy atom. The Morgan fingerprint density at radius 1 is 1.71 bits per heavy atom. The molecule has 0 aromatic heterocycles. The van der Waals surface area contributed by atoms with Crippen LogP contribution in [0.15, 0.2) is 15.7 Å². The Morgan fingerprint density at radius 3 is 2.86 bits per heavy atom. The molecule has 0 saturated heterocycles. The molecule has 0 spiro atoms. The van der Waals surface area contributed by atoms with Crippen LogP contribution >= 0.6 is 15.9 Å². The van der Waals surface area contributed by atoms with Crippen LogP contribution in [0.1, 0.15) is 0 Å². The maximum Gasteiger partial charge on any atom is 0.129 e. The van der Waals surface area contributed by atoms with E-state index in [4.69, 9.17) is 0 Å². The lowest BCUT2D eigenvalue weighted by molar-refractivity contribution is 0.861. The predicted molar refractivity (Wildman–Crippen MR) is 32.5 cm³/mol. The molecule has 1 aliphatic heterocycles. The topological polar surface area (TPSA) is 26.5 Å². The second kappa shape index (κ2) is 2.12. The zero-order valence-corrected chi connectivity index (χ0v) is 5.22. The van der Waals surface area contributed by atoms with E-state index in [1.54, 1.807) is 12.4 Å². The average Bonchev–Trinajstić information content (AvgIpc) is 1.69. The monoisotopic (exact) mass is 159 g/mol. The van der Waals surface area contributed by atoms with E-state index in [0.717, 1.165) is 4.48 Å². The van der Waals surface area contributed by atoms with Gasteiger partial charge in [0, 0.05) is 12.4 Å². The molecule has 3 heteroatoms. The number of nitrogens with zero attached hydrogens (tertiary/aromatic N) is 2. The molecule has 0 saturated carbocycles. The Bertz CT molecular complexity index is 117. The normalized spacial score (nSPS) is 18.1. The third-order valence-corrected chi connectivity index (χ3v) is 1.00. The van der Waals surface area contributed by atoms with Crippen molar-refractivity contribution in [1.29, 1.82) is 0 Å². The summed E-state index contributed by atoms with van der Waals surface area (Å²) in [7, 11) is 0. The summed E-state index contributed by atoms with van der Waals surface area (Å²) in [5.74, 6) is 0. The van der Waals surface area contributed by atoms with Crippen LogP contribution in [0.3, 0.4) is 0 Å². The molecule has 1 heterocycles. The fourth-order valence-corrected chi connectivity index (χ4v) is 0.626. The minimum atomic E-state index is 0.578. The molecule has 0 aromatic carbocycles. The van der Waals surface area contributed by atoms with Crippen LogP contribution in [0, 0.1) is 0 Å². The number of hydrogen-bond acceptors (Lipinski definition) is 1. The van der Waals surface area contributed by atoms with Gasteiger partial charge >= 0.3 is 0 Å². The van der Waals surface area contributed by atoms with Crippen LogP contribution in [0.5, 0.6) is 0 Å². The first-order valence-corrected chi connectivity index (χ1v) is 2.71. The summed E-state index contributed by atoms with van der Waals surface area (Å²) >= 11 is 3.21. The third kappa shape index (κ3) is 1.31. The summed E-state index contributed by atoms with van der Waals surface area (Å²) in [6.45, 7) is 0.578. The van der Waals surface area contributed by atoms with Crippen LogP contribution in [-0.4, -0.2) is 12.9 Å². The summed E-state index contributed by atoms with van der Waals surface area (Å²) in [4.78, 5) is 3.85. The smallest absolute Gasteiger partial charge is 0.129 e. The molecular weight excluding hydrogens is 156 g/mol. The maximum atomic E-state index is 3.85. The van der Waals surface area contributed by atoms with Gasteiger partial charge in [0.2, 0.25) is 0 Å². The van der Waals surface area contributed by atoms with E-state index in [2.05, 4.69) is 26.2 Å². The lowest BCUT2D eigenvalue weighted by atomic mass is 10.6. The molecule has 2 nitrogen and oxygen atoms in total. The highest BCUT2D eigenvalue weighted by molar-refractivity contribution is 9.12. The van der Waals surface area contributed by atoms with Gasteiger partial charge in [0.05, 0.1) is 4.48 Å². The van der Waals surface area contributed by atoms with E-state index in [9.17, 15) is 0 Å². The number of hydrogen-bond donors (Lipinski definition) is 0.